The Bertz CT molecular complexity index is 282. The Hall–Kier alpha value is -1.30. The molecule has 1 rings (SSSR count). The number of urea groups is 1. The van der Waals surface area contributed by atoms with Gasteiger partial charge in [-0.3, -0.25) is 0 Å². The SMILES string of the molecule is CC1CC(C)N(C(=O)N[C@H](CO)C(=O)O)C1. The number of carbonyl (C=O) groups excluding carboxylic acids is 1. The van der Waals surface area contributed by atoms with Gasteiger partial charge in [0, 0.05) is 12.6 Å². The normalized spacial score (nSPS) is 26.6. The van der Waals surface area contributed by atoms with Crippen molar-refractivity contribution in [2.24, 2.45) is 5.92 Å². The minimum absolute atomic E-state index is 0.114. The zero-order valence-electron chi connectivity index (χ0n) is 9.51. The molecule has 0 radical (unpaired) electrons. The van der Waals surface area contributed by atoms with Crippen LogP contribution in [0.2, 0.25) is 0 Å². The zero-order valence-corrected chi connectivity index (χ0v) is 9.51. The first-order chi connectivity index (χ1) is 7.45. The molecular formula is C10H18N2O4. The highest BCUT2D eigenvalue weighted by atomic mass is 16.4. The van der Waals surface area contributed by atoms with Crippen LogP contribution in [0, 0.1) is 5.92 Å². The molecule has 1 heterocycles. The molecular weight excluding hydrogens is 212 g/mol. The molecule has 0 bridgehead atoms. The van der Waals surface area contributed by atoms with Crippen molar-refractivity contribution < 1.29 is 19.8 Å². The third-order valence-electron chi connectivity index (χ3n) is 2.82. The predicted molar refractivity (Wildman–Crippen MR) is 57.0 cm³/mol. The first-order valence-electron chi connectivity index (χ1n) is 5.36. The fourth-order valence-corrected chi connectivity index (χ4v) is 2.00. The van der Waals surface area contributed by atoms with E-state index in [1.165, 1.54) is 0 Å². The first kappa shape index (κ1) is 12.8. The standard InChI is InChI=1S/C10H18N2O4/c1-6-3-7(2)12(4-6)10(16)11-8(5-13)9(14)15/h6-8,13H,3-5H2,1-2H3,(H,11,16)(H,14,15)/t6?,7?,8-/m1/s1. The summed E-state index contributed by atoms with van der Waals surface area (Å²) in [5.41, 5.74) is 0. The average molecular weight is 230 g/mol. The van der Waals surface area contributed by atoms with E-state index in [4.69, 9.17) is 10.2 Å². The van der Waals surface area contributed by atoms with Gasteiger partial charge >= 0.3 is 12.0 Å². The molecule has 2 unspecified atom stereocenters. The summed E-state index contributed by atoms with van der Waals surface area (Å²) in [6.45, 7) is 4.01. The van der Waals surface area contributed by atoms with Crippen LogP contribution in [0.4, 0.5) is 4.79 Å². The first-order valence-corrected chi connectivity index (χ1v) is 5.36. The molecule has 16 heavy (non-hydrogen) atoms. The second kappa shape index (κ2) is 5.16. The molecule has 0 aromatic rings. The van der Waals surface area contributed by atoms with Crippen molar-refractivity contribution in [2.75, 3.05) is 13.2 Å². The molecule has 0 spiro atoms. The highest BCUT2D eigenvalue weighted by molar-refractivity contribution is 5.82. The van der Waals surface area contributed by atoms with Gasteiger partial charge in [0.1, 0.15) is 0 Å². The van der Waals surface area contributed by atoms with E-state index in [1.807, 2.05) is 13.8 Å². The highest BCUT2D eigenvalue weighted by Gasteiger charge is 2.31. The Morgan fingerprint density at radius 3 is 2.50 bits per heavy atom. The van der Waals surface area contributed by atoms with Crippen molar-refractivity contribution in [3.05, 3.63) is 0 Å². The van der Waals surface area contributed by atoms with Crippen LogP contribution in [-0.2, 0) is 4.79 Å². The number of amides is 2. The number of aliphatic hydroxyl groups is 1. The van der Waals surface area contributed by atoms with Crippen molar-refractivity contribution in [3.63, 3.8) is 0 Å². The Morgan fingerprint density at radius 2 is 2.12 bits per heavy atom. The van der Waals surface area contributed by atoms with E-state index >= 15 is 0 Å². The predicted octanol–water partition coefficient (Wildman–Crippen LogP) is -0.128. The lowest BCUT2D eigenvalue weighted by molar-refractivity contribution is -0.140. The second-order valence-corrected chi connectivity index (χ2v) is 4.37. The quantitative estimate of drug-likeness (QED) is 0.630. The zero-order chi connectivity index (χ0) is 12.3. The molecule has 1 aliphatic rings. The summed E-state index contributed by atoms with van der Waals surface area (Å²) >= 11 is 0. The third kappa shape index (κ3) is 2.85. The number of aliphatic hydroxyl groups excluding tert-OH is 1. The molecule has 6 nitrogen and oxygen atoms in total. The molecule has 92 valence electrons. The summed E-state index contributed by atoms with van der Waals surface area (Å²) in [4.78, 5) is 24.0. The van der Waals surface area contributed by atoms with Gasteiger partial charge < -0.3 is 20.4 Å². The Kier molecular flexibility index (Phi) is 4.12. The molecule has 1 fully saturated rings. The number of likely N-dealkylation sites (tertiary alicyclic amines) is 1. The molecule has 1 aliphatic heterocycles. The fraction of sp³-hybridized carbons (Fsp3) is 0.800. The van der Waals surface area contributed by atoms with Gasteiger partial charge in [-0.25, -0.2) is 9.59 Å². The molecule has 0 aromatic heterocycles. The molecule has 1 saturated heterocycles. The van der Waals surface area contributed by atoms with Crippen LogP contribution in [0.5, 0.6) is 0 Å². The summed E-state index contributed by atoms with van der Waals surface area (Å²) in [7, 11) is 0. The van der Waals surface area contributed by atoms with Crippen LogP contribution in [-0.4, -0.2) is 52.3 Å². The Labute approximate surface area is 94.2 Å². The monoisotopic (exact) mass is 230 g/mol. The van der Waals surface area contributed by atoms with Crippen molar-refractivity contribution in [1.29, 1.82) is 0 Å². The lowest BCUT2D eigenvalue weighted by atomic mass is 10.1. The van der Waals surface area contributed by atoms with Gasteiger partial charge in [-0.2, -0.15) is 0 Å². The van der Waals surface area contributed by atoms with Crippen LogP contribution in [0.15, 0.2) is 0 Å². The van der Waals surface area contributed by atoms with Crippen LogP contribution >= 0.6 is 0 Å². The van der Waals surface area contributed by atoms with E-state index in [0.29, 0.717) is 12.5 Å². The van der Waals surface area contributed by atoms with Crippen molar-refractivity contribution in [2.45, 2.75) is 32.4 Å². The number of nitrogens with zero attached hydrogens (tertiary/aromatic N) is 1. The van der Waals surface area contributed by atoms with Gasteiger partial charge in [-0.05, 0) is 19.3 Å². The Balaban J connectivity index is 2.55. The molecule has 2 amide bonds. The largest absolute Gasteiger partial charge is 0.480 e. The number of carboxylic acid groups (broad SMARTS) is 1. The van der Waals surface area contributed by atoms with Gasteiger partial charge in [0.25, 0.3) is 0 Å². The van der Waals surface area contributed by atoms with E-state index in [9.17, 15) is 9.59 Å². The van der Waals surface area contributed by atoms with Gasteiger partial charge in [0.2, 0.25) is 0 Å². The highest BCUT2D eigenvalue weighted by Crippen LogP contribution is 2.22. The summed E-state index contributed by atoms with van der Waals surface area (Å²) in [5.74, 6) is -0.797. The number of rotatable bonds is 3. The van der Waals surface area contributed by atoms with E-state index in [2.05, 4.69) is 5.32 Å². The summed E-state index contributed by atoms with van der Waals surface area (Å²) in [6.07, 6.45) is 0.921. The minimum atomic E-state index is -1.23. The minimum Gasteiger partial charge on any atom is -0.480 e. The van der Waals surface area contributed by atoms with Crippen LogP contribution < -0.4 is 5.32 Å². The summed E-state index contributed by atoms with van der Waals surface area (Å²) in [5, 5.41) is 19.8. The molecule has 0 saturated carbocycles. The topological polar surface area (TPSA) is 89.9 Å². The van der Waals surface area contributed by atoms with E-state index < -0.39 is 24.6 Å². The number of carbonyl (C=O) groups is 2. The van der Waals surface area contributed by atoms with E-state index in [1.54, 1.807) is 4.90 Å². The lowest BCUT2D eigenvalue weighted by Gasteiger charge is -2.23. The summed E-state index contributed by atoms with van der Waals surface area (Å²) in [6, 6.07) is -1.53. The molecule has 0 aliphatic carbocycles. The third-order valence-corrected chi connectivity index (χ3v) is 2.82. The average Bonchev–Trinajstić information content (AvgIpc) is 2.53. The summed E-state index contributed by atoms with van der Waals surface area (Å²) < 4.78 is 0. The Morgan fingerprint density at radius 1 is 1.50 bits per heavy atom. The van der Waals surface area contributed by atoms with E-state index in [0.717, 1.165) is 6.42 Å². The maximum atomic E-state index is 11.7. The second-order valence-electron chi connectivity index (χ2n) is 4.37. The molecule has 3 N–H and O–H groups in total. The number of nitrogens with one attached hydrogen (secondary N) is 1. The van der Waals surface area contributed by atoms with Gasteiger partial charge in [0.15, 0.2) is 6.04 Å². The van der Waals surface area contributed by atoms with Crippen LogP contribution in [0.3, 0.4) is 0 Å². The van der Waals surface area contributed by atoms with Gasteiger partial charge in [0.05, 0.1) is 6.61 Å². The molecule has 6 heteroatoms. The fourth-order valence-electron chi connectivity index (χ4n) is 2.00. The smallest absolute Gasteiger partial charge is 0.328 e. The van der Waals surface area contributed by atoms with E-state index in [-0.39, 0.29) is 6.04 Å². The molecule has 3 atom stereocenters. The maximum Gasteiger partial charge on any atom is 0.328 e. The van der Waals surface area contributed by atoms with Crippen LogP contribution in [0.1, 0.15) is 20.3 Å². The van der Waals surface area contributed by atoms with Gasteiger partial charge in [-0.1, -0.05) is 6.92 Å². The van der Waals surface area contributed by atoms with Gasteiger partial charge in [-0.15, -0.1) is 0 Å². The number of carboxylic acids is 1. The molecule has 0 aromatic carbocycles. The van der Waals surface area contributed by atoms with Crippen molar-refractivity contribution in [3.8, 4) is 0 Å². The van der Waals surface area contributed by atoms with Crippen LogP contribution in [0.25, 0.3) is 0 Å². The maximum absolute atomic E-state index is 11.7. The van der Waals surface area contributed by atoms with Crippen molar-refractivity contribution in [1.82, 2.24) is 10.2 Å². The lowest BCUT2D eigenvalue weighted by Crippen LogP contribution is -2.50. The number of hydrogen-bond acceptors (Lipinski definition) is 3. The number of hydrogen-bond donors (Lipinski definition) is 3. The van der Waals surface area contributed by atoms with Crippen molar-refractivity contribution >= 4 is 12.0 Å². The number of aliphatic carboxylic acids is 1.